The van der Waals surface area contributed by atoms with Crippen LogP contribution in [0.4, 0.5) is 0 Å². The summed E-state index contributed by atoms with van der Waals surface area (Å²) in [5.74, 6) is 1.69. The van der Waals surface area contributed by atoms with Gasteiger partial charge in [-0.25, -0.2) is 15.0 Å². The maximum Gasteiger partial charge on any atom is 0.164 e. The van der Waals surface area contributed by atoms with Gasteiger partial charge in [0.1, 0.15) is 22.3 Å². The van der Waals surface area contributed by atoms with Crippen LogP contribution >= 0.6 is 11.3 Å². The molecule has 0 spiro atoms. The van der Waals surface area contributed by atoms with Crippen molar-refractivity contribution >= 4 is 97.2 Å². The van der Waals surface area contributed by atoms with Crippen LogP contribution in [0.15, 0.2) is 251 Å². The minimum atomic E-state index is 0.552. The molecule has 0 amide bonds. The Bertz CT molecular complexity index is 4990. The number of aromatic nitrogens is 4. The lowest BCUT2D eigenvalue weighted by molar-refractivity contribution is 0.669. The maximum absolute atomic E-state index is 6.69. The lowest BCUT2D eigenvalue weighted by atomic mass is 9.98. The molecule has 6 nitrogen and oxygen atoms in total. The van der Waals surface area contributed by atoms with E-state index < -0.39 is 0 Å². The molecule has 0 saturated carbocycles. The van der Waals surface area contributed by atoms with Gasteiger partial charge in [-0.15, -0.1) is 11.3 Å². The van der Waals surface area contributed by atoms with Crippen molar-refractivity contribution in [1.82, 2.24) is 19.5 Å². The van der Waals surface area contributed by atoms with Crippen LogP contribution in [0, 0.1) is 0 Å². The molecular formula is C69H40N4O2S. The van der Waals surface area contributed by atoms with Crippen LogP contribution in [0.3, 0.4) is 0 Å². The number of para-hydroxylation sites is 3. The Hall–Kier alpha value is -9.95. The fourth-order valence-electron chi connectivity index (χ4n) is 11.5. The highest BCUT2D eigenvalue weighted by atomic mass is 32.1. The second-order valence-electron chi connectivity index (χ2n) is 19.5. The third-order valence-electron chi connectivity index (χ3n) is 15.1. The van der Waals surface area contributed by atoms with Gasteiger partial charge in [-0.2, -0.15) is 0 Å². The Morgan fingerprint density at radius 3 is 1.63 bits per heavy atom. The van der Waals surface area contributed by atoms with E-state index in [9.17, 15) is 0 Å². The van der Waals surface area contributed by atoms with Crippen LogP contribution in [0.25, 0.3) is 159 Å². The normalized spacial score (nSPS) is 11.9. The number of furan rings is 2. The molecule has 0 fully saturated rings. The zero-order chi connectivity index (χ0) is 49.8. The standard InChI is InChI=1S/C69H40N4O2S/c1-4-14-41(15-5-1)49-21-12-22-52-51-31-26-47(40-62(51)75-66(49)52)68-70-67(42-16-6-2-7-17-42)71-69(72-68)53-23-13-25-61-65(53)57-39-44(28-33-60(57)74-61)46-30-35-64-56(38-46)55-37-45(29-34-63(55)76-64)43-27-32-59-54(36-43)50-20-10-11-24-58(50)73(59)48-18-8-3-9-19-48/h1-40H. The van der Waals surface area contributed by atoms with Gasteiger partial charge in [0.2, 0.25) is 0 Å². The first-order chi connectivity index (χ1) is 37.6. The van der Waals surface area contributed by atoms with E-state index in [1.54, 1.807) is 0 Å². The molecule has 354 valence electrons. The quantitative estimate of drug-likeness (QED) is 0.159. The van der Waals surface area contributed by atoms with E-state index in [0.29, 0.717) is 17.5 Å². The van der Waals surface area contributed by atoms with Gasteiger partial charge in [0.25, 0.3) is 0 Å². The molecule has 5 heterocycles. The fraction of sp³-hybridized carbons (Fsp3) is 0. The number of fused-ring (bicyclic) bond motifs is 12. The molecule has 0 saturated heterocycles. The third kappa shape index (κ3) is 6.76. The van der Waals surface area contributed by atoms with Crippen LogP contribution in [0.5, 0.6) is 0 Å². The van der Waals surface area contributed by atoms with Gasteiger partial charge < -0.3 is 13.4 Å². The van der Waals surface area contributed by atoms with E-state index in [1.165, 1.54) is 53.1 Å². The molecule has 11 aromatic carbocycles. The minimum absolute atomic E-state index is 0.552. The summed E-state index contributed by atoms with van der Waals surface area (Å²) in [7, 11) is 0. The zero-order valence-corrected chi connectivity index (χ0v) is 41.4. The van der Waals surface area contributed by atoms with Crippen molar-refractivity contribution in [3.63, 3.8) is 0 Å². The maximum atomic E-state index is 6.69. The van der Waals surface area contributed by atoms with Crippen molar-refractivity contribution in [2.75, 3.05) is 0 Å². The van der Waals surface area contributed by atoms with Crippen LogP contribution in [0.1, 0.15) is 0 Å². The second kappa shape index (κ2) is 16.8. The van der Waals surface area contributed by atoms with Crippen molar-refractivity contribution < 1.29 is 8.83 Å². The van der Waals surface area contributed by atoms with Gasteiger partial charge in [-0.1, -0.05) is 158 Å². The zero-order valence-electron chi connectivity index (χ0n) is 40.6. The smallest absolute Gasteiger partial charge is 0.164 e. The molecule has 16 rings (SSSR count). The Kier molecular flexibility index (Phi) is 9.40. The Morgan fingerprint density at radius 2 is 0.868 bits per heavy atom. The summed E-state index contributed by atoms with van der Waals surface area (Å²) in [4.78, 5) is 15.6. The highest BCUT2D eigenvalue weighted by molar-refractivity contribution is 7.25. The number of rotatable bonds is 7. The SMILES string of the molecule is c1ccc(-c2nc(-c3ccc4c(c3)oc3c(-c5ccccc5)cccc34)nc(-c3cccc4oc5ccc(-c6ccc7sc8ccc(-c9ccc%10c(c9)c9ccccc9n%10-c9ccccc9)cc8c7c6)cc5c34)n2)cc1. The molecule has 16 aromatic rings. The first-order valence-electron chi connectivity index (χ1n) is 25.5. The van der Waals surface area contributed by atoms with Crippen molar-refractivity contribution in [3.8, 4) is 73.2 Å². The average Bonchev–Trinajstić information content (AvgIpc) is 4.26. The van der Waals surface area contributed by atoms with Crippen LogP contribution < -0.4 is 0 Å². The monoisotopic (exact) mass is 988 g/mol. The summed E-state index contributed by atoms with van der Waals surface area (Å²) < 4.78 is 18.2. The first-order valence-corrected chi connectivity index (χ1v) is 26.3. The molecule has 0 aliphatic carbocycles. The van der Waals surface area contributed by atoms with Crippen LogP contribution in [0.2, 0.25) is 0 Å². The largest absolute Gasteiger partial charge is 0.456 e. The van der Waals surface area contributed by atoms with E-state index in [-0.39, 0.29) is 0 Å². The lowest BCUT2D eigenvalue weighted by Gasteiger charge is -2.09. The summed E-state index contributed by atoms with van der Waals surface area (Å²) >= 11 is 1.84. The second-order valence-corrected chi connectivity index (χ2v) is 20.6. The molecule has 7 heteroatoms. The topological polar surface area (TPSA) is 69.9 Å². The summed E-state index contributed by atoms with van der Waals surface area (Å²) in [5.41, 5.74) is 16.1. The Balaban J connectivity index is 0.802. The summed E-state index contributed by atoms with van der Waals surface area (Å²) in [6.07, 6.45) is 0. The molecule has 0 unspecified atom stereocenters. The van der Waals surface area contributed by atoms with Gasteiger partial charge in [-0.05, 0) is 113 Å². The molecule has 0 atom stereocenters. The summed E-state index contributed by atoms with van der Waals surface area (Å²) in [6.45, 7) is 0. The average molecular weight is 989 g/mol. The van der Waals surface area contributed by atoms with E-state index in [2.05, 4.69) is 199 Å². The van der Waals surface area contributed by atoms with Gasteiger partial charge in [0, 0.05) is 80.4 Å². The molecule has 0 bridgehead atoms. The molecule has 0 N–H and O–H groups in total. The molecule has 0 aliphatic heterocycles. The summed E-state index contributed by atoms with van der Waals surface area (Å²) in [5, 5.41) is 9.02. The van der Waals surface area contributed by atoms with Gasteiger partial charge in [0.05, 0.1) is 11.0 Å². The molecule has 0 aliphatic rings. The molecule has 76 heavy (non-hydrogen) atoms. The number of thiophene rings is 1. The number of hydrogen-bond donors (Lipinski definition) is 0. The molecular weight excluding hydrogens is 949 g/mol. The van der Waals surface area contributed by atoms with E-state index in [4.69, 9.17) is 23.8 Å². The highest BCUT2D eigenvalue weighted by Crippen LogP contribution is 2.44. The predicted molar refractivity (Wildman–Crippen MR) is 314 cm³/mol. The first kappa shape index (κ1) is 42.5. The Labute approximate surface area is 439 Å². The van der Waals surface area contributed by atoms with Gasteiger partial charge >= 0.3 is 0 Å². The van der Waals surface area contributed by atoms with E-state index in [1.807, 2.05) is 59.9 Å². The van der Waals surface area contributed by atoms with Crippen molar-refractivity contribution in [3.05, 3.63) is 243 Å². The minimum Gasteiger partial charge on any atom is -0.456 e. The number of benzene rings is 11. The van der Waals surface area contributed by atoms with Gasteiger partial charge in [0.15, 0.2) is 17.5 Å². The summed E-state index contributed by atoms with van der Waals surface area (Å²) in [6, 6.07) is 85.7. The molecule has 5 aromatic heterocycles. The van der Waals surface area contributed by atoms with Gasteiger partial charge in [-0.3, -0.25) is 0 Å². The van der Waals surface area contributed by atoms with E-state index in [0.717, 1.165) is 88.5 Å². The van der Waals surface area contributed by atoms with Crippen LogP contribution in [-0.2, 0) is 0 Å². The fourth-order valence-corrected chi connectivity index (χ4v) is 12.5. The number of nitrogens with zero attached hydrogens (tertiary/aromatic N) is 4. The van der Waals surface area contributed by atoms with Crippen molar-refractivity contribution in [2.24, 2.45) is 0 Å². The highest BCUT2D eigenvalue weighted by Gasteiger charge is 2.21. The lowest BCUT2D eigenvalue weighted by Crippen LogP contribution is -2.00. The van der Waals surface area contributed by atoms with Crippen molar-refractivity contribution in [2.45, 2.75) is 0 Å². The van der Waals surface area contributed by atoms with Crippen LogP contribution in [-0.4, -0.2) is 19.5 Å². The Morgan fingerprint density at radius 1 is 0.303 bits per heavy atom. The third-order valence-corrected chi connectivity index (χ3v) is 16.2. The predicted octanol–water partition coefficient (Wildman–Crippen LogP) is 19.1. The number of hydrogen-bond acceptors (Lipinski definition) is 6. The molecule has 0 radical (unpaired) electrons. The van der Waals surface area contributed by atoms with Crippen molar-refractivity contribution in [1.29, 1.82) is 0 Å². The van der Waals surface area contributed by atoms with E-state index >= 15 is 0 Å².